The number of alkyl halides is 3. The number of benzene rings is 2. The van der Waals surface area contributed by atoms with Gasteiger partial charge < -0.3 is 19.3 Å². The van der Waals surface area contributed by atoms with Gasteiger partial charge in [0.1, 0.15) is 11.5 Å². The van der Waals surface area contributed by atoms with Crippen molar-refractivity contribution in [3.05, 3.63) is 47.5 Å². The number of anilines is 2. The number of hydrogen-bond donors (Lipinski definition) is 0. The molecule has 26 heavy (non-hydrogen) atoms. The molecular formula is C18H18ClF3N2O2. The lowest BCUT2D eigenvalue weighted by atomic mass is 10.2. The van der Waals surface area contributed by atoms with Crippen molar-refractivity contribution < 1.29 is 22.6 Å². The van der Waals surface area contributed by atoms with Gasteiger partial charge in [0.25, 0.3) is 0 Å². The molecule has 1 aliphatic rings. The summed E-state index contributed by atoms with van der Waals surface area (Å²) in [6.45, 7) is 2.88. The van der Waals surface area contributed by atoms with Crippen LogP contribution in [0.2, 0.25) is 5.02 Å². The molecular weight excluding hydrogens is 369 g/mol. The van der Waals surface area contributed by atoms with Gasteiger partial charge in [0, 0.05) is 32.2 Å². The first-order valence-electron chi connectivity index (χ1n) is 8.05. The smallest absolute Gasteiger partial charge is 0.495 e. The van der Waals surface area contributed by atoms with Crippen LogP contribution in [0.15, 0.2) is 42.5 Å². The highest BCUT2D eigenvalue weighted by Crippen LogP contribution is 2.34. The summed E-state index contributed by atoms with van der Waals surface area (Å²) >= 11 is 6.17. The first-order chi connectivity index (χ1) is 12.4. The van der Waals surface area contributed by atoms with Crippen LogP contribution in [0.3, 0.4) is 0 Å². The molecule has 0 aromatic heterocycles. The number of ether oxygens (including phenoxy) is 2. The van der Waals surface area contributed by atoms with Crippen molar-refractivity contribution in [2.24, 2.45) is 0 Å². The van der Waals surface area contributed by atoms with Crippen molar-refractivity contribution in [2.45, 2.75) is 6.36 Å². The Morgan fingerprint density at radius 3 is 2.12 bits per heavy atom. The monoisotopic (exact) mass is 386 g/mol. The highest BCUT2D eigenvalue weighted by Gasteiger charge is 2.31. The molecule has 0 spiro atoms. The van der Waals surface area contributed by atoms with Gasteiger partial charge in [0.15, 0.2) is 0 Å². The van der Waals surface area contributed by atoms with Gasteiger partial charge in [-0.1, -0.05) is 23.7 Å². The standard InChI is InChI=1S/C18H18ClF3N2O2/c1-25-17-5-3-2-4-16(17)24-10-8-23(9-11-24)15-7-6-13(12-14(15)19)26-18(20,21)22/h2-7,12H,8-11H2,1H3. The number of para-hydroxylation sites is 2. The molecule has 8 heteroatoms. The summed E-state index contributed by atoms with van der Waals surface area (Å²) in [7, 11) is 1.64. The van der Waals surface area contributed by atoms with Crippen LogP contribution < -0.4 is 19.3 Å². The number of hydrogen-bond acceptors (Lipinski definition) is 4. The van der Waals surface area contributed by atoms with E-state index in [1.807, 2.05) is 29.2 Å². The SMILES string of the molecule is COc1ccccc1N1CCN(c2ccc(OC(F)(F)F)cc2Cl)CC1. The normalized spacial score (nSPS) is 15.1. The maximum Gasteiger partial charge on any atom is 0.573 e. The first-order valence-corrected chi connectivity index (χ1v) is 8.43. The third-order valence-electron chi connectivity index (χ3n) is 4.20. The summed E-state index contributed by atoms with van der Waals surface area (Å²) in [5.41, 5.74) is 1.72. The zero-order valence-corrected chi connectivity index (χ0v) is 14.8. The van der Waals surface area contributed by atoms with E-state index < -0.39 is 6.36 Å². The number of halogens is 4. The van der Waals surface area contributed by atoms with Gasteiger partial charge in [-0.3, -0.25) is 0 Å². The third-order valence-corrected chi connectivity index (χ3v) is 4.50. The molecule has 0 saturated carbocycles. The minimum absolute atomic E-state index is 0.234. The van der Waals surface area contributed by atoms with Gasteiger partial charge >= 0.3 is 6.36 Å². The van der Waals surface area contributed by atoms with Crippen molar-refractivity contribution in [3.8, 4) is 11.5 Å². The molecule has 0 unspecified atom stereocenters. The Bertz CT molecular complexity index is 762. The van der Waals surface area contributed by atoms with Crippen molar-refractivity contribution in [1.82, 2.24) is 0 Å². The zero-order chi connectivity index (χ0) is 18.7. The van der Waals surface area contributed by atoms with Gasteiger partial charge in [-0.25, -0.2) is 0 Å². The molecule has 2 aromatic carbocycles. The van der Waals surface area contributed by atoms with E-state index in [2.05, 4.69) is 9.64 Å². The van der Waals surface area contributed by atoms with Crippen LogP contribution in [0.25, 0.3) is 0 Å². The van der Waals surface area contributed by atoms with Crippen molar-refractivity contribution in [3.63, 3.8) is 0 Å². The molecule has 0 radical (unpaired) electrons. The second-order valence-electron chi connectivity index (χ2n) is 5.81. The highest BCUT2D eigenvalue weighted by atomic mass is 35.5. The first kappa shape index (κ1) is 18.5. The van der Waals surface area contributed by atoms with Crippen LogP contribution in [0.5, 0.6) is 11.5 Å². The average Bonchev–Trinajstić information content (AvgIpc) is 2.61. The Morgan fingerprint density at radius 1 is 0.923 bits per heavy atom. The lowest BCUT2D eigenvalue weighted by Crippen LogP contribution is -2.46. The Kier molecular flexibility index (Phi) is 5.36. The van der Waals surface area contributed by atoms with Crippen LogP contribution in [-0.2, 0) is 0 Å². The van der Waals surface area contributed by atoms with Gasteiger partial charge in [0.05, 0.1) is 23.5 Å². The van der Waals surface area contributed by atoms with Crippen LogP contribution in [0.1, 0.15) is 0 Å². The fourth-order valence-corrected chi connectivity index (χ4v) is 3.31. The summed E-state index contributed by atoms with van der Waals surface area (Å²) in [5.74, 6) is 0.492. The molecule has 1 fully saturated rings. The largest absolute Gasteiger partial charge is 0.573 e. The van der Waals surface area contributed by atoms with Crippen LogP contribution in [0.4, 0.5) is 24.5 Å². The van der Waals surface area contributed by atoms with Crippen LogP contribution in [-0.4, -0.2) is 39.7 Å². The van der Waals surface area contributed by atoms with Crippen LogP contribution in [0, 0.1) is 0 Å². The van der Waals surface area contributed by atoms with Crippen LogP contribution >= 0.6 is 11.6 Å². The predicted molar refractivity (Wildman–Crippen MR) is 95.6 cm³/mol. The molecule has 0 aliphatic carbocycles. The second-order valence-corrected chi connectivity index (χ2v) is 6.21. The summed E-state index contributed by atoms with van der Waals surface area (Å²) in [6, 6.07) is 11.8. The molecule has 2 aromatic rings. The van der Waals surface area contributed by atoms with E-state index in [0.29, 0.717) is 18.8 Å². The maximum atomic E-state index is 12.3. The van der Waals surface area contributed by atoms with Crippen molar-refractivity contribution in [1.29, 1.82) is 0 Å². The number of nitrogens with zero attached hydrogens (tertiary/aromatic N) is 2. The van der Waals surface area contributed by atoms with Gasteiger partial charge in [0.2, 0.25) is 0 Å². The van der Waals surface area contributed by atoms with Gasteiger partial charge in [-0.2, -0.15) is 0 Å². The fourth-order valence-electron chi connectivity index (χ4n) is 3.02. The molecule has 1 aliphatic heterocycles. The minimum atomic E-state index is -4.73. The lowest BCUT2D eigenvalue weighted by Gasteiger charge is -2.38. The minimum Gasteiger partial charge on any atom is -0.495 e. The van der Waals surface area contributed by atoms with E-state index in [1.165, 1.54) is 12.1 Å². The second kappa shape index (κ2) is 7.53. The Balaban J connectivity index is 1.68. The number of rotatable bonds is 4. The highest BCUT2D eigenvalue weighted by molar-refractivity contribution is 6.33. The topological polar surface area (TPSA) is 24.9 Å². The molecule has 0 amide bonds. The summed E-state index contributed by atoms with van der Waals surface area (Å²) in [6.07, 6.45) is -4.73. The summed E-state index contributed by atoms with van der Waals surface area (Å²) in [5, 5.41) is 0.234. The summed E-state index contributed by atoms with van der Waals surface area (Å²) < 4.78 is 46.2. The average molecular weight is 387 g/mol. The number of piperazine rings is 1. The zero-order valence-electron chi connectivity index (χ0n) is 14.1. The molecule has 0 atom stereocenters. The number of methoxy groups -OCH3 is 1. The van der Waals surface area contributed by atoms with Crippen molar-refractivity contribution >= 4 is 23.0 Å². The third kappa shape index (κ3) is 4.27. The molecule has 0 N–H and O–H groups in total. The van der Waals surface area contributed by atoms with Gasteiger partial charge in [-0.05, 0) is 24.3 Å². The molecule has 140 valence electrons. The van der Waals surface area contributed by atoms with E-state index in [4.69, 9.17) is 16.3 Å². The van der Waals surface area contributed by atoms with E-state index >= 15 is 0 Å². The molecule has 0 bridgehead atoms. The molecule has 1 heterocycles. The lowest BCUT2D eigenvalue weighted by molar-refractivity contribution is -0.274. The van der Waals surface area contributed by atoms with E-state index in [9.17, 15) is 13.2 Å². The Morgan fingerprint density at radius 2 is 1.54 bits per heavy atom. The van der Waals surface area contributed by atoms with E-state index in [0.717, 1.165) is 24.5 Å². The molecule has 1 saturated heterocycles. The Labute approximate surface area is 154 Å². The van der Waals surface area contributed by atoms with Gasteiger partial charge in [-0.15, -0.1) is 13.2 Å². The quantitative estimate of drug-likeness (QED) is 0.768. The maximum absolute atomic E-state index is 12.3. The molecule has 4 nitrogen and oxygen atoms in total. The summed E-state index contributed by atoms with van der Waals surface area (Å²) in [4.78, 5) is 4.26. The van der Waals surface area contributed by atoms with E-state index in [-0.39, 0.29) is 10.8 Å². The Hall–Kier alpha value is -2.28. The van der Waals surface area contributed by atoms with E-state index in [1.54, 1.807) is 13.2 Å². The van der Waals surface area contributed by atoms with Crippen molar-refractivity contribution in [2.75, 3.05) is 43.1 Å². The predicted octanol–water partition coefficient (Wildman–Crippen LogP) is 4.57. The molecule has 3 rings (SSSR count). The fraction of sp³-hybridized carbons (Fsp3) is 0.333.